The average molecular weight is 153 g/mol. The van der Waals surface area contributed by atoms with Gasteiger partial charge >= 0.3 is 5.97 Å². The summed E-state index contributed by atoms with van der Waals surface area (Å²) >= 11 is 0. The van der Waals surface area contributed by atoms with Crippen LogP contribution in [0.1, 0.15) is 13.3 Å². The lowest BCUT2D eigenvalue weighted by molar-refractivity contribution is -0.145. The number of hydrogen-bond donors (Lipinski definition) is 2. The van der Waals surface area contributed by atoms with Crippen LogP contribution >= 0.6 is 0 Å². The molecule has 0 heterocycles. The molecule has 0 fully saturated rings. The van der Waals surface area contributed by atoms with Crippen LogP contribution in [0.2, 0.25) is 0 Å². The van der Waals surface area contributed by atoms with Crippen molar-refractivity contribution in [2.24, 2.45) is 11.1 Å². The third-order valence-corrected chi connectivity index (χ3v) is 1.89. The van der Waals surface area contributed by atoms with Gasteiger partial charge in [-0.1, -0.05) is 12.2 Å². The summed E-state index contributed by atoms with van der Waals surface area (Å²) in [6.07, 6.45) is 5.47. The molecule has 0 saturated carbocycles. The van der Waals surface area contributed by atoms with Crippen LogP contribution in [0.5, 0.6) is 0 Å². The number of allylic oxidation sites excluding steroid dienone is 2. The minimum absolute atomic E-state index is 0.477. The number of nitrogens with two attached hydrogens (primary N) is 1. The maximum atomic E-state index is 10.7. The predicted octanol–water partition coefficient (Wildman–Crippen LogP) is 0.880. The van der Waals surface area contributed by atoms with E-state index in [0.717, 1.165) is 0 Å². The highest BCUT2D eigenvalue weighted by Gasteiger charge is 2.30. The van der Waals surface area contributed by atoms with E-state index in [9.17, 15) is 4.79 Å². The second kappa shape index (κ2) is 2.42. The van der Waals surface area contributed by atoms with Crippen LogP contribution in [0.25, 0.3) is 0 Å². The summed E-state index contributed by atoms with van der Waals surface area (Å²) in [6.45, 7) is 1.68. The fourth-order valence-corrected chi connectivity index (χ4v) is 0.905. The molecule has 3 N–H and O–H groups in total. The molecule has 60 valence electrons. The third-order valence-electron chi connectivity index (χ3n) is 1.89. The first-order valence-electron chi connectivity index (χ1n) is 3.43. The number of carboxylic acid groups (broad SMARTS) is 1. The molecule has 3 nitrogen and oxygen atoms in total. The van der Waals surface area contributed by atoms with Gasteiger partial charge in [-0.2, -0.15) is 0 Å². The van der Waals surface area contributed by atoms with Crippen molar-refractivity contribution < 1.29 is 9.90 Å². The Morgan fingerprint density at radius 1 is 1.82 bits per heavy atom. The van der Waals surface area contributed by atoms with Crippen molar-refractivity contribution in [2.45, 2.75) is 13.3 Å². The van der Waals surface area contributed by atoms with Gasteiger partial charge in [0.2, 0.25) is 0 Å². The standard InChI is InChI=1S/C8H11NO2/c1-8(7(10)11)4-2-6(9)3-5-8/h2-4H,5,9H2,1H3,(H,10,11). The van der Waals surface area contributed by atoms with Gasteiger partial charge in [0.15, 0.2) is 0 Å². The van der Waals surface area contributed by atoms with E-state index in [4.69, 9.17) is 10.8 Å². The fraction of sp³-hybridized carbons (Fsp3) is 0.375. The zero-order valence-electron chi connectivity index (χ0n) is 6.37. The molecule has 0 aromatic carbocycles. The van der Waals surface area contributed by atoms with Crippen LogP contribution in [0.15, 0.2) is 23.9 Å². The van der Waals surface area contributed by atoms with Gasteiger partial charge < -0.3 is 10.8 Å². The van der Waals surface area contributed by atoms with Crippen LogP contribution < -0.4 is 5.73 Å². The van der Waals surface area contributed by atoms with Gasteiger partial charge in [0, 0.05) is 5.70 Å². The van der Waals surface area contributed by atoms with E-state index in [1.54, 1.807) is 25.2 Å². The highest BCUT2D eigenvalue weighted by atomic mass is 16.4. The highest BCUT2D eigenvalue weighted by Crippen LogP contribution is 2.27. The molecule has 0 bridgehead atoms. The summed E-state index contributed by atoms with van der Waals surface area (Å²) in [5, 5.41) is 8.76. The highest BCUT2D eigenvalue weighted by molar-refractivity contribution is 5.77. The van der Waals surface area contributed by atoms with Gasteiger partial charge in [-0.05, 0) is 19.4 Å². The first-order valence-corrected chi connectivity index (χ1v) is 3.43. The van der Waals surface area contributed by atoms with Crippen LogP contribution in [-0.4, -0.2) is 11.1 Å². The normalized spacial score (nSPS) is 29.7. The number of aliphatic carboxylic acids is 1. The number of carbonyl (C=O) groups is 1. The molecule has 11 heavy (non-hydrogen) atoms. The van der Waals surface area contributed by atoms with Gasteiger partial charge in [-0.25, -0.2) is 0 Å². The Morgan fingerprint density at radius 3 is 2.82 bits per heavy atom. The molecule has 0 aliphatic heterocycles. The molecule has 1 aliphatic carbocycles. The molecule has 0 amide bonds. The summed E-state index contributed by atoms with van der Waals surface area (Å²) in [7, 11) is 0. The molecule has 3 heteroatoms. The Bertz CT molecular complexity index is 242. The van der Waals surface area contributed by atoms with Crippen molar-refractivity contribution >= 4 is 5.97 Å². The largest absolute Gasteiger partial charge is 0.481 e. The molecule has 0 aromatic rings. The Labute approximate surface area is 65.2 Å². The van der Waals surface area contributed by atoms with Crippen LogP contribution in [0.3, 0.4) is 0 Å². The zero-order chi connectivity index (χ0) is 8.48. The average Bonchev–Trinajstić information content (AvgIpc) is 1.95. The Balaban J connectivity index is 2.82. The molecule has 0 saturated heterocycles. The van der Waals surface area contributed by atoms with E-state index in [-0.39, 0.29) is 0 Å². The maximum absolute atomic E-state index is 10.7. The van der Waals surface area contributed by atoms with Gasteiger partial charge in [0.1, 0.15) is 0 Å². The Kier molecular flexibility index (Phi) is 1.72. The lowest BCUT2D eigenvalue weighted by atomic mass is 9.83. The lowest BCUT2D eigenvalue weighted by Gasteiger charge is -2.21. The topological polar surface area (TPSA) is 63.3 Å². The molecule has 1 atom stereocenters. The summed E-state index contributed by atoms with van der Waals surface area (Å²) in [6, 6.07) is 0. The van der Waals surface area contributed by atoms with Crippen LogP contribution in [0, 0.1) is 5.41 Å². The first kappa shape index (κ1) is 7.85. The van der Waals surface area contributed by atoms with E-state index >= 15 is 0 Å². The van der Waals surface area contributed by atoms with E-state index in [2.05, 4.69) is 0 Å². The van der Waals surface area contributed by atoms with Crippen molar-refractivity contribution in [2.75, 3.05) is 0 Å². The third kappa shape index (κ3) is 1.42. The second-order valence-corrected chi connectivity index (χ2v) is 2.96. The minimum Gasteiger partial charge on any atom is -0.481 e. The van der Waals surface area contributed by atoms with Crippen molar-refractivity contribution in [1.82, 2.24) is 0 Å². The predicted molar refractivity (Wildman–Crippen MR) is 41.8 cm³/mol. The van der Waals surface area contributed by atoms with Crippen LogP contribution in [0.4, 0.5) is 0 Å². The second-order valence-electron chi connectivity index (χ2n) is 2.96. The smallest absolute Gasteiger partial charge is 0.313 e. The van der Waals surface area contributed by atoms with Gasteiger partial charge in [-0.15, -0.1) is 0 Å². The summed E-state index contributed by atoms with van der Waals surface area (Å²) < 4.78 is 0. The van der Waals surface area contributed by atoms with Crippen molar-refractivity contribution in [3.8, 4) is 0 Å². The molecular formula is C8H11NO2. The summed E-state index contributed by atoms with van der Waals surface area (Å²) in [5.41, 5.74) is 5.32. The molecule has 0 spiro atoms. The lowest BCUT2D eigenvalue weighted by Crippen LogP contribution is -2.26. The minimum atomic E-state index is -0.808. The monoisotopic (exact) mass is 153 g/mol. The summed E-state index contributed by atoms with van der Waals surface area (Å²) in [5.74, 6) is -0.808. The molecule has 1 aliphatic rings. The van der Waals surface area contributed by atoms with Gasteiger partial charge in [-0.3, -0.25) is 4.79 Å². The molecule has 1 rings (SSSR count). The van der Waals surface area contributed by atoms with Crippen LogP contribution in [-0.2, 0) is 4.79 Å². The Morgan fingerprint density at radius 2 is 2.45 bits per heavy atom. The van der Waals surface area contributed by atoms with Crippen molar-refractivity contribution in [3.63, 3.8) is 0 Å². The summed E-state index contributed by atoms with van der Waals surface area (Å²) in [4.78, 5) is 10.7. The number of carboxylic acids is 1. The molecule has 1 unspecified atom stereocenters. The fourth-order valence-electron chi connectivity index (χ4n) is 0.905. The van der Waals surface area contributed by atoms with E-state index in [0.29, 0.717) is 12.1 Å². The first-order chi connectivity index (χ1) is 5.04. The van der Waals surface area contributed by atoms with Crippen molar-refractivity contribution in [1.29, 1.82) is 0 Å². The molecule has 0 aromatic heterocycles. The number of hydrogen-bond acceptors (Lipinski definition) is 2. The SMILES string of the molecule is CC1(C(=O)O)C=CC(N)=CC1. The number of rotatable bonds is 1. The van der Waals surface area contributed by atoms with E-state index in [1.165, 1.54) is 0 Å². The molecule has 0 radical (unpaired) electrons. The van der Waals surface area contributed by atoms with E-state index < -0.39 is 11.4 Å². The van der Waals surface area contributed by atoms with Gasteiger partial charge in [0.25, 0.3) is 0 Å². The van der Waals surface area contributed by atoms with Crippen molar-refractivity contribution in [3.05, 3.63) is 23.9 Å². The maximum Gasteiger partial charge on any atom is 0.313 e. The quantitative estimate of drug-likeness (QED) is 0.587. The molecular weight excluding hydrogens is 142 g/mol. The Hall–Kier alpha value is -1.25. The van der Waals surface area contributed by atoms with E-state index in [1.807, 2.05) is 0 Å². The van der Waals surface area contributed by atoms with Gasteiger partial charge in [0.05, 0.1) is 5.41 Å². The zero-order valence-corrected chi connectivity index (χ0v) is 6.37.